The molecule has 0 atom stereocenters. The van der Waals surface area contributed by atoms with Crippen molar-refractivity contribution >= 4 is 17.6 Å². The van der Waals surface area contributed by atoms with E-state index in [1.807, 2.05) is 0 Å². The van der Waals surface area contributed by atoms with Crippen molar-refractivity contribution in [2.45, 2.75) is 0 Å². The zero-order valence-electron chi connectivity index (χ0n) is 6.54. The van der Waals surface area contributed by atoms with Crippen molar-refractivity contribution in [2.24, 2.45) is 0 Å². The molecule has 1 N–H and O–H groups in total. The molecule has 13 heavy (non-hydrogen) atoms. The van der Waals surface area contributed by atoms with Gasteiger partial charge in [0.2, 0.25) is 11.7 Å². The first-order valence-corrected chi connectivity index (χ1v) is 3.57. The van der Waals surface area contributed by atoms with Gasteiger partial charge in [0, 0.05) is 6.20 Å². The minimum absolute atomic E-state index is 0.223. The Morgan fingerprint density at radius 1 is 1.77 bits per heavy atom. The first-order chi connectivity index (χ1) is 6.07. The second kappa shape index (κ2) is 3.57. The Morgan fingerprint density at radius 3 is 2.92 bits per heavy atom. The van der Waals surface area contributed by atoms with Gasteiger partial charge in [-0.1, -0.05) is 11.6 Å². The van der Waals surface area contributed by atoms with Crippen molar-refractivity contribution in [3.63, 3.8) is 0 Å². The maximum atomic E-state index is 12.8. The molecular formula is C7H5ClFNO3. The average molecular weight is 206 g/mol. The molecule has 0 aliphatic rings. The monoisotopic (exact) mass is 205 g/mol. The number of aromatic nitrogens is 1. The number of halogens is 2. The van der Waals surface area contributed by atoms with Crippen LogP contribution >= 0.6 is 11.6 Å². The fraction of sp³-hybridized carbons (Fsp3) is 0.143. The highest BCUT2D eigenvalue weighted by Crippen LogP contribution is 2.25. The number of ether oxygens (including phenoxy) is 1. The van der Waals surface area contributed by atoms with E-state index >= 15 is 0 Å². The van der Waals surface area contributed by atoms with Crippen molar-refractivity contribution < 1.29 is 19.0 Å². The van der Waals surface area contributed by atoms with E-state index in [0.717, 1.165) is 13.3 Å². The molecule has 0 saturated heterocycles. The van der Waals surface area contributed by atoms with Gasteiger partial charge in [-0.25, -0.2) is 9.78 Å². The Hall–Kier alpha value is -1.36. The Kier molecular flexibility index (Phi) is 2.67. The third kappa shape index (κ3) is 1.70. The largest absolute Gasteiger partial charge is 0.491 e. The van der Waals surface area contributed by atoms with E-state index in [1.54, 1.807) is 0 Å². The summed E-state index contributed by atoms with van der Waals surface area (Å²) in [6.45, 7) is 0. The predicted octanol–water partition coefficient (Wildman–Crippen LogP) is 1.37. The summed E-state index contributed by atoms with van der Waals surface area (Å²) < 4.78 is 17.1. The lowest BCUT2D eigenvalue weighted by Crippen LogP contribution is -2.04. The number of methoxy groups -OCH3 is 1. The fourth-order valence-corrected chi connectivity index (χ4v) is 0.918. The Morgan fingerprint density at radius 2 is 2.38 bits per heavy atom. The number of carbonyl (C=O) groups is 1. The molecule has 1 heterocycles. The molecule has 0 saturated carbocycles. The van der Waals surface area contributed by atoms with Crippen LogP contribution in [0.3, 0.4) is 0 Å². The lowest BCUT2D eigenvalue weighted by molar-refractivity contribution is 0.0600. The molecule has 1 rings (SSSR count). The summed E-state index contributed by atoms with van der Waals surface area (Å²) >= 11 is 5.40. The van der Waals surface area contributed by atoms with Crippen LogP contribution in [0.2, 0.25) is 5.02 Å². The molecule has 0 aromatic carbocycles. The highest BCUT2D eigenvalue weighted by atomic mass is 35.5. The van der Waals surface area contributed by atoms with Crippen LogP contribution in [0.4, 0.5) is 4.39 Å². The molecule has 1 aromatic rings. The Balaban J connectivity index is 3.26. The molecule has 70 valence electrons. The summed E-state index contributed by atoms with van der Waals surface area (Å²) in [5.41, 5.74) is -0.223. The van der Waals surface area contributed by atoms with E-state index in [9.17, 15) is 9.18 Å². The van der Waals surface area contributed by atoms with Gasteiger partial charge in [0.15, 0.2) is 0 Å². The minimum atomic E-state index is -1.13. The van der Waals surface area contributed by atoms with E-state index < -0.39 is 22.7 Å². The summed E-state index contributed by atoms with van der Waals surface area (Å²) in [5, 5.41) is 8.26. The van der Waals surface area contributed by atoms with Crippen molar-refractivity contribution in [1.29, 1.82) is 0 Å². The number of esters is 1. The van der Waals surface area contributed by atoms with E-state index in [0.29, 0.717) is 0 Å². The van der Waals surface area contributed by atoms with Crippen LogP contribution in [0, 0.1) is 5.82 Å². The van der Waals surface area contributed by atoms with Crippen LogP contribution in [0.1, 0.15) is 10.4 Å². The lowest BCUT2D eigenvalue weighted by Gasteiger charge is -2.02. The topological polar surface area (TPSA) is 59.4 Å². The third-order valence-electron chi connectivity index (χ3n) is 1.35. The van der Waals surface area contributed by atoms with Crippen molar-refractivity contribution in [3.8, 4) is 5.88 Å². The number of hydrogen-bond acceptors (Lipinski definition) is 4. The summed E-state index contributed by atoms with van der Waals surface area (Å²) in [6, 6.07) is 0. The highest BCUT2D eigenvalue weighted by molar-refractivity contribution is 6.33. The van der Waals surface area contributed by atoms with Gasteiger partial charge in [-0.3, -0.25) is 0 Å². The maximum Gasteiger partial charge on any atom is 0.341 e. The zero-order chi connectivity index (χ0) is 10.0. The number of hydrogen-bond donors (Lipinski definition) is 1. The molecule has 0 bridgehead atoms. The lowest BCUT2D eigenvalue weighted by atomic mass is 10.3. The number of pyridine rings is 1. The van der Waals surface area contributed by atoms with Crippen molar-refractivity contribution in [1.82, 2.24) is 4.98 Å². The van der Waals surface area contributed by atoms with Gasteiger partial charge in [-0.05, 0) is 0 Å². The number of nitrogens with zero attached hydrogens (tertiary/aromatic N) is 1. The molecule has 1 aromatic heterocycles. The molecule has 4 nitrogen and oxygen atoms in total. The van der Waals surface area contributed by atoms with Crippen LogP contribution in [0.15, 0.2) is 6.20 Å². The zero-order valence-corrected chi connectivity index (χ0v) is 7.30. The van der Waals surface area contributed by atoms with E-state index in [-0.39, 0.29) is 5.56 Å². The van der Waals surface area contributed by atoms with E-state index in [4.69, 9.17) is 16.7 Å². The number of aromatic hydroxyl groups is 1. The van der Waals surface area contributed by atoms with E-state index in [2.05, 4.69) is 9.72 Å². The van der Waals surface area contributed by atoms with Gasteiger partial charge in [0.05, 0.1) is 17.7 Å². The molecule has 0 radical (unpaired) electrons. The number of rotatable bonds is 1. The molecule has 0 aliphatic carbocycles. The molecule has 6 heteroatoms. The van der Waals surface area contributed by atoms with Gasteiger partial charge >= 0.3 is 5.97 Å². The van der Waals surface area contributed by atoms with Crippen LogP contribution in [0.5, 0.6) is 5.88 Å². The van der Waals surface area contributed by atoms with Crippen molar-refractivity contribution in [2.75, 3.05) is 7.11 Å². The summed E-state index contributed by atoms with van der Waals surface area (Å²) in [5.74, 6) is -2.79. The first kappa shape index (κ1) is 9.73. The normalized spacial score (nSPS) is 9.77. The second-order valence-corrected chi connectivity index (χ2v) is 2.49. The van der Waals surface area contributed by atoms with E-state index in [1.165, 1.54) is 0 Å². The quantitative estimate of drug-likeness (QED) is 0.704. The van der Waals surface area contributed by atoms with Gasteiger partial charge in [0.25, 0.3) is 0 Å². The van der Waals surface area contributed by atoms with Gasteiger partial charge in [-0.2, -0.15) is 4.39 Å². The van der Waals surface area contributed by atoms with Gasteiger partial charge < -0.3 is 9.84 Å². The Labute approximate surface area is 77.9 Å². The van der Waals surface area contributed by atoms with Crippen LogP contribution in [-0.4, -0.2) is 23.2 Å². The predicted molar refractivity (Wildman–Crippen MR) is 42.2 cm³/mol. The SMILES string of the molecule is COC(=O)c1cnc(O)c(F)c1Cl. The standard InChI is InChI=1S/C7H5ClFNO3/c1-13-7(12)3-2-10-6(11)5(9)4(3)8/h2H,1H3,(H,10,11). The molecule has 0 spiro atoms. The van der Waals surface area contributed by atoms with Crippen molar-refractivity contribution in [3.05, 3.63) is 22.6 Å². The van der Waals surface area contributed by atoms with Crippen LogP contribution < -0.4 is 0 Å². The van der Waals surface area contributed by atoms with Gasteiger partial charge in [0.1, 0.15) is 0 Å². The fourth-order valence-electron chi connectivity index (χ4n) is 0.708. The van der Waals surface area contributed by atoms with Crippen LogP contribution in [-0.2, 0) is 4.74 Å². The third-order valence-corrected chi connectivity index (χ3v) is 1.72. The number of carbonyl (C=O) groups excluding carboxylic acids is 1. The summed E-state index contributed by atoms with van der Waals surface area (Å²) in [4.78, 5) is 14.1. The summed E-state index contributed by atoms with van der Waals surface area (Å²) in [7, 11) is 1.13. The van der Waals surface area contributed by atoms with Gasteiger partial charge in [-0.15, -0.1) is 0 Å². The molecule has 0 fully saturated rings. The first-order valence-electron chi connectivity index (χ1n) is 3.19. The molecule has 0 unspecified atom stereocenters. The average Bonchev–Trinajstić information content (AvgIpc) is 2.13. The van der Waals surface area contributed by atoms with Crippen LogP contribution in [0.25, 0.3) is 0 Å². The smallest absolute Gasteiger partial charge is 0.341 e. The molecule has 0 aliphatic heterocycles. The minimum Gasteiger partial charge on any atom is -0.491 e. The molecular weight excluding hydrogens is 201 g/mol. The maximum absolute atomic E-state index is 12.8. The molecule has 0 amide bonds. The summed E-state index contributed by atoms with van der Waals surface area (Å²) in [6.07, 6.45) is 0.937. The highest BCUT2D eigenvalue weighted by Gasteiger charge is 2.17. The second-order valence-electron chi connectivity index (χ2n) is 2.12. The Bertz CT molecular complexity index is 356.